The second kappa shape index (κ2) is 11.5. The number of rotatable bonds is 7. The summed E-state index contributed by atoms with van der Waals surface area (Å²) in [5.74, 6) is 2.10. The van der Waals surface area contributed by atoms with Crippen LogP contribution in [0.1, 0.15) is 24.8 Å². The van der Waals surface area contributed by atoms with Crippen molar-refractivity contribution in [1.29, 1.82) is 0 Å². The maximum atomic E-state index is 10.7. The second-order valence-corrected chi connectivity index (χ2v) is 6.52. The second-order valence-electron chi connectivity index (χ2n) is 5.53. The molecule has 1 fully saturated rings. The monoisotopic (exact) mass is 464 g/mol. The molecule has 1 saturated heterocycles. The van der Waals surface area contributed by atoms with Crippen LogP contribution in [-0.4, -0.2) is 47.4 Å². The van der Waals surface area contributed by atoms with Gasteiger partial charge in [0.15, 0.2) is 5.96 Å². The molecule has 1 aliphatic rings. The van der Waals surface area contributed by atoms with Crippen molar-refractivity contribution >= 4 is 47.4 Å². The number of non-ortho nitro benzene ring substituents is 1. The highest BCUT2D eigenvalue weighted by molar-refractivity contribution is 14.0. The first kappa shape index (κ1) is 21.0. The molecule has 0 radical (unpaired) electrons. The van der Waals surface area contributed by atoms with E-state index in [4.69, 9.17) is 4.99 Å². The van der Waals surface area contributed by atoms with Crippen LogP contribution >= 0.6 is 35.7 Å². The van der Waals surface area contributed by atoms with Gasteiger partial charge in [0.2, 0.25) is 0 Å². The van der Waals surface area contributed by atoms with Crippen LogP contribution in [0.15, 0.2) is 29.3 Å². The summed E-state index contributed by atoms with van der Waals surface area (Å²) in [7, 11) is 0. The van der Waals surface area contributed by atoms with Gasteiger partial charge in [-0.1, -0.05) is 12.1 Å². The molecule has 1 N–H and O–H groups in total. The van der Waals surface area contributed by atoms with Crippen molar-refractivity contribution in [3.63, 3.8) is 0 Å². The van der Waals surface area contributed by atoms with Gasteiger partial charge >= 0.3 is 0 Å². The molecule has 0 saturated carbocycles. The zero-order chi connectivity index (χ0) is 16.5. The molecule has 8 heteroatoms. The summed E-state index contributed by atoms with van der Waals surface area (Å²) in [6.45, 7) is 3.57. The number of halogens is 1. The maximum Gasteiger partial charge on any atom is 0.269 e. The van der Waals surface area contributed by atoms with Gasteiger partial charge in [0.05, 0.1) is 11.5 Å². The van der Waals surface area contributed by atoms with Crippen molar-refractivity contribution in [2.24, 2.45) is 4.99 Å². The number of hydrogen-bond acceptors (Lipinski definition) is 4. The van der Waals surface area contributed by atoms with Gasteiger partial charge in [0.1, 0.15) is 0 Å². The van der Waals surface area contributed by atoms with Gasteiger partial charge in [0, 0.05) is 31.8 Å². The van der Waals surface area contributed by atoms with Gasteiger partial charge in [-0.2, -0.15) is 11.8 Å². The van der Waals surface area contributed by atoms with Crippen molar-refractivity contribution in [2.45, 2.75) is 25.8 Å². The Morgan fingerprint density at radius 2 is 2.00 bits per heavy atom. The van der Waals surface area contributed by atoms with Gasteiger partial charge in [-0.05, 0) is 36.8 Å². The number of thioether (sulfide) groups is 1. The molecule has 1 aromatic rings. The number of nitrogens with zero attached hydrogens (tertiary/aromatic N) is 3. The fourth-order valence-corrected chi connectivity index (χ4v) is 2.94. The molecule has 2 rings (SSSR count). The lowest BCUT2D eigenvalue weighted by Gasteiger charge is -2.21. The van der Waals surface area contributed by atoms with Crippen LogP contribution in [0.25, 0.3) is 0 Å². The molecule has 1 aliphatic heterocycles. The SMILES string of the molecule is CSCCCNC(=NCc1ccc([N+](=O)[O-])cc1)N1CCCC1.I. The Morgan fingerprint density at radius 1 is 1.33 bits per heavy atom. The van der Waals surface area contributed by atoms with E-state index in [1.165, 1.54) is 25.0 Å². The Balaban J connectivity index is 0.00000288. The van der Waals surface area contributed by atoms with Crippen LogP contribution < -0.4 is 5.32 Å². The normalized spacial score (nSPS) is 14.4. The molecule has 0 aromatic heterocycles. The minimum atomic E-state index is -0.379. The number of nitrogens with one attached hydrogen (secondary N) is 1. The minimum absolute atomic E-state index is 0. The first-order valence-electron chi connectivity index (χ1n) is 7.96. The van der Waals surface area contributed by atoms with E-state index in [9.17, 15) is 10.1 Å². The molecule has 6 nitrogen and oxygen atoms in total. The van der Waals surface area contributed by atoms with Gasteiger partial charge < -0.3 is 10.2 Å². The first-order valence-corrected chi connectivity index (χ1v) is 9.35. The third-order valence-corrected chi connectivity index (χ3v) is 4.47. The van der Waals surface area contributed by atoms with Crippen molar-refractivity contribution in [2.75, 3.05) is 31.6 Å². The number of hydrogen-bond donors (Lipinski definition) is 1. The Labute approximate surface area is 164 Å². The third-order valence-electron chi connectivity index (χ3n) is 3.77. The predicted octanol–water partition coefficient (Wildman–Crippen LogP) is 3.51. The number of likely N-dealkylation sites (tertiary alicyclic amines) is 1. The molecule has 0 aliphatic carbocycles. The highest BCUT2D eigenvalue weighted by Crippen LogP contribution is 2.13. The Bertz CT molecular complexity index is 533. The average Bonchev–Trinajstić information content (AvgIpc) is 3.09. The lowest BCUT2D eigenvalue weighted by Crippen LogP contribution is -2.40. The van der Waals surface area contributed by atoms with Crippen molar-refractivity contribution in [1.82, 2.24) is 10.2 Å². The summed E-state index contributed by atoms with van der Waals surface area (Å²) in [5, 5.41) is 14.1. The molecular weight excluding hydrogens is 439 g/mol. The number of nitro benzene ring substituents is 1. The van der Waals surface area contributed by atoms with Crippen LogP contribution in [0.5, 0.6) is 0 Å². The smallest absolute Gasteiger partial charge is 0.269 e. The van der Waals surface area contributed by atoms with E-state index >= 15 is 0 Å². The standard InChI is InChI=1S/C16H24N4O2S.HI/c1-23-12-4-9-17-16(19-10-2-3-11-19)18-13-14-5-7-15(8-6-14)20(21)22;/h5-8H,2-4,9-13H2,1H3,(H,17,18);1H. The molecule has 0 unspecified atom stereocenters. The number of guanidine groups is 1. The van der Waals surface area contributed by atoms with E-state index in [0.29, 0.717) is 6.54 Å². The predicted molar refractivity (Wildman–Crippen MR) is 111 cm³/mol. The minimum Gasteiger partial charge on any atom is -0.356 e. The fourth-order valence-electron chi connectivity index (χ4n) is 2.50. The zero-order valence-electron chi connectivity index (χ0n) is 13.9. The lowest BCUT2D eigenvalue weighted by molar-refractivity contribution is -0.384. The van der Waals surface area contributed by atoms with Crippen LogP contribution in [0.4, 0.5) is 5.69 Å². The number of nitro groups is 1. The van der Waals surface area contributed by atoms with Crippen LogP contribution in [0.2, 0.25) is 0 Å². The summed E-state index contributed by atoms with van der Waals surface area (Å²) in [4.78, 5) is 17.3. The third kappa shape index (κ3) is 6.84. The highest BCUT2D eigenvalue weighted by atomic mass is 127. The Kier molecular flexibility index (Phi) is 10.1. The molecule has 0 spiro atoms. The largest absolute Gasteiger partial charge is 0.356 e. The summed E-state index contributed by atoms with van der Waals surface area (Å²) >= 11 is 1.85. The quantitative estimate of drug-likeness (QED) is 0.167. The van der Waals surface area contributed by atoms with Gasteiger partial charge in [-0.15, -0.1) is 24.0 Å². The molecular formula is C16H25IN4O2S. The highest BCUT2D eigenvalue weighted by Gasteiger charge is 2.15. The van der Waals surface area contributed by atoms with Gasteiger partial charge in [-0.25, -0.2) is 4.99 Å². The molecule has 24 heavy (non-hydrogen) atoms. The van der Waals surface area contributed by atoms with Gasteiger partial charge in [-0.3, -0.25) is 10.1 Å². The lowest BCUT2D eigenvalue weighted by atomic mass is 10.2. The average molecular weight is 464 g/mol. The first-order chi connectivity index (χ1) is 11.2. The molecule has 1 heterocycles. The van der Waals surface area contributed by atoms with Crippen LogP contribution in [0, 0.1) is 10.1 Å². The van der Waals surface area contributed by atoms with Crippen molar-refractivity contribution < 1.29 is 4.92 Å². The van der Waals surface area contributed by atoms with E-state index in [1.54, 1.807) is 12.1 Å². The van der Waals surface area contributed by atoms with E-state index in [1.807, 2.05) is 11.8 Å². The fraction of sp³-hybridized carbons (Fsp3) is 0.562. The Morgan fingerprint density at radius 3 is 2.58 bits per heavy atom. The molecule has 0 atom stereocenters. The maximum absolute atomic E-state index is 10.7. The molecule has 0 amide bonds. The summed E-state index contributed by atoms with van der Waals surface area (Å²) in [5.41, 5.74) is 1.10. The summed E-state index contributed by atoms with van der Waals surface area (Å²) < 4.78 is 0. The number of aliphatic imine (C=N–C) groups is 1. The van der Waals surface area contributed by atoms with E-state index in [-0.39, 0.29) is 34.6 Å². The van der Waals surface area contributed by atoms with Crippen LogP contribution in [0.3, 0.4) is 0 Å². The van der Waals surface area contributed by atoms with Crippen molar-refractivity contribution in [3.05, 3.63) is 39.9 Å². The zero-order valence-corrected chi connectivity index (χ0v) is 17.1. The molecule has 134 valence electrons. The topological polar surface area (TPSA) is 70.8 Å². The van der Waals surface area contributed by atoms with Crippen LogP contribution in [-0.2, 0) is 6.54 Å². The molecule has 1 aromatic carbocycles. The van der Waals surface area contributed by atoms with E-state index in [2.05, 4.69) is 16.5 Å². The molecule has 0 bridgehead atoms. The van der Waals surface area contributed by atoms with Gasteiger partial charge in [0.25, 0.3) is 5.69 Å². The summed E-state index contributed by atoms with van der Waals surface area (Å²) in [6.07, 6.45) is 5.65. The van der Waals surface area contributed by atoms with Crippen molar-refractivity contribution in [3.8, 4) is 0 Å². The number of benzene rings is 1. The van der Waals surface area contributed by atoms with E-state index < -0.39 is 0 Å². The van der Waals surface area contributed by atoms with E-state index in [0.717, 1.165) is 43.3 Å². The Hall–Kier alpha value is -1.03. The summed E-state index contributed by atoms with van der Waals surface area (Å²) in [6, 6.07) is 6.62.